The molecule has 0 fully saturated rings. The molecule has 0 bridgehead atoms. The summed E-state index contributed by atoms with van der Waals surface area (Å²) in [5.41, 5.74) is 3.39. The summed E-state index contributed by atoms with van der Waals surface area (Å²) in [4.78, 5) is 33.9. The molecule has 0 unspecified atom stereocenters. The van der Waals surface area contributed by atoms with Gasteiger partial charge in [-0.3, -0.25) is 15.0 Å². The maximum atomic E-state index is 13.5. The number of Topliss-reactive ketones (excluding diaryl/α,β-unsaturated/α-hetero) is 1. The second-order valence-corrected chi connectivity index (χ2v) is 9.93. The van der Waals surface area contributed by atoms with Gasteiger partial charge in [-0.1, -0.05) is 20.8 Å². The van der Waals surface area contributed by atoms with Crippen LogP contribution in [0.25, 0.3) is 0 Å². The van der Waals surface area contributed by atoms with Gasteiger partial charge in [0.25, 0.3) is 5.91 Å². The Morgan fingerprint density at radius 3 is 2.36 bits per heavy atom. The van der Waals surface area contributed by atoms with Crippen LogP contribution in [0.15, 0.2) is 18.2 Å². The molecule has 0 atom stereocenters. The number of rotatable bonds is 9. The van der Waals surface area contributed by atoms with E-state index in [4.69, 9.17) is 14.9 Å². The van der Waals surface area contributed by atoms with Crippen LogP contribution in [0.5, 0.6) is 11.5 Å². The SMILES string of the molecule is CCOc1cc2c(nc1C(=O)NC)C(=N)N(CC(=O)c1cc(N(C)C)c(OCC)c(C(C)(C)C)c1)C2. The molecular formula is C27H37N5O4. The normalized spacial score (nSPS) is 12.9. The Kier molecular flexibility index (Phi) is 7.91. The number of amides is 1. The molecule has 2 N–H and O–H groups in total. The van der Waals surface area contributed by atoms with Crippen molar-refractivity contribution in [3.63, 3.8) is 0 Å². The molecule has 0 radical (unpaired) electrons. The fraction of sp³-hybridized carbons (Fsp3) is 0.481. The van der Waals surface area contributed by atoms with Crippen molar-refractivity contribution in [2.75, 3.05) is 45.8 Å². The molecule has 9 heteroatoms. The minimum atomic E-state index is -0.385. The van der Waals surface area contributed by atoms with Gasteiger partial charge in [0.2, 0.25) is 0 Å². The lowest BCUT2D eigenvalue weighted by molar-refractivity contribution is 0.0949. The molecule has 1 aliphatic rings. The van der Waals surface area contributed by atoms with Crippen molar-refractivity contribution >= 4 is 23.2 Å². The lowest BCUT2D eigenvalue weighted by atomic mass is 9.84. The number of carbonyl (C=O) groups excluding carboxylic acids is 2. The molecule has 1 aromatic carbocycles. The van der Waals surface area contributed by atoms with E-state index in [0.29, 0.717) is 36.8 Å². The van der Waals surface area contributed by atoms with E-state index in [9.17, 15) is 9.59 Å². The number of anilines is 1. The van der Waals surface area contributed by atoms with Crippen LogP contribution in [0, 0.1) is 5.41 Å². The van der Waals surface area contributed by atoms with Crippen LogP contribution in [-0.2, 0) is 12.0 Å². The average molecular weight is 496 g/mol. The lowest BCUT2D eigenvalue weighted by Crippen LogP contribution is -2.31. The number of ether oxygens (including phenoxy) is 2. The molecule has 1 amide bonds. The summed E-state index contributed by atoms with van der Waals surface area (Å²) in [7, 11) is 5.38. The fourth-order valence-corrected chi connectivity index (χ4v) is 4.20. The molecule has 1 aromatic heterocycles. The zero-order valence-corrected chi connectivity index (χ0v) is 22.5. The summed E-state index contributed by atoms with van der Waals surface area (Å²) >= 11 is 0. The average Bonchev–Trinajstić information content (AvgIpc) is 3.11. The molecule has 194 valence electrons. The van der Waals surface area contributed by atoms with Gasteiger partial charge in [0, 0.05) is 44.4 Å². The first-order chi connectivity index (χ1) is 16.9. The Morgan fingerprint density at radius 1 is 1.14 bits per heavy atom. The van der Waals surface area contributed by atoms with Gasteiger partial charge in [-0.05, 0) is 37.5 Å². The highest BCUT2D eigenvalue weighted by atomic mass is 16.5. The predicted molar refractivity (Wildman–Crippen MR) is 141 cm³/mol. The lowest BCUT2D eigenvalue weighted by Gasteiger charge is -2.28. The van der Waals surface area contributed by atoms with Crippen molar-refractivity contribution in [2.45, 2.75) is 46.6 Å². The molecule has 0 spiro atoms. The van der Waals surface area contributed by atoms with Gasteiger partial charge in [-0.15, -0.1) is 0 Å². The Labute approximate surface area is 213 Å². The first-order valence-electron chi connectivity index (χ1n) is 12.2. The minimum absolute atomic E-state index is 0.0128. The molecule has 1 aliphatic heterocycles. The summed E-state index contributed by atoms with van der Waals surface area (Å²) < 4.78 is 11.6. The molecule has 3 rings (SSSR count). The Balaban J connectivity index is 1.95. The van der Waals surface area contributed by atoms with Crippen molar-refractivity contribution < 1.29 is 19.1 Å². The van der Waals surface area contributed by atoms with Crippen LogP contribution in [0.1, 0.15) is 72.3 Å². The van der Waals surface area contributed by atoms with Crippen LogP contribution < -0.4 is 19.7 Å². The molecule has 9 nitrogen and oxygen atoms in total. The van der Waals surface area contributed by atoms with Gasteiger partial charge in [0.1, 0.15) is 17.3 Å². The van der Waals surface area contributed by atoms with Crippen LogP contribution in [-0.4, -0.2) is 68.3 Å². The topological polar surface area (TPSA) is 108 Å². The second kappa shape index (κ2) is 10.6. The summed E-state index contributed by atoms with van der Waals surface area (Å²) in [6.45, 7) is 11.3. The highest BCUT2D eigenvalue weighted by molar-refractivity contribution is 6.06. The minimum Gasteiger partial charge on any atom is -0.491 e. The van der Waals surface area contributed by atoms with E-state index in [0.717, 1.165) is 22.6 Å². The van der Waals surface area contributed by atoms with Crippen molar-refractivity contribution in [3.05, 3.63) is 46.3 Å². The zero-order valence-electron chi connectivity index (χ0n) is 22.5. The van der Waals surface area contributed by atoms with Crippen LogP contribution >= 0.6 is 0 Å². The Hall–Kier alpha value is -3.62. The van der Waals surface area contributed by atoms with E-state index in [1.165, 1.54) is 7.05 Å². The van der Waals surface area contributed by atoms with Gasteiger partial charge >= 0.3 is 0 Å². The molecule has 0 saturated carbocycles. The van der Waals surface area contributed by atoms with Gasteiger partial charge in [-0.25, -0.2) is 4.98 Å². The highest BCUT2D eigenvalue weighted by Gasteiger charge is 2.32. The Morgan fingerprint density at radius 2 is 1.81 bits per heavy atom. The van der Waals surface area contributed by atoms with E-state index in [-0.39, 0.29) is 35.2 Å². The van der Waals surface area contributed by atoms with Gasteiger partial charge in [0.05, 0.1) is 25.4 Å². The quantitative estimate of drug-likeness (QED) is 0.512. The van der Waals surface area contributed by atoms with Crippen molar-refractivity contribution in [3.8, 4) is 11.5 Å². The van der Waals surface area contributed by atoms with E-state index in [1.54, 1.807) is 11.0 Å². The molecular weight excluding hydrogens is 458 g/mol. The Bertz CT molecular complexity index is 1180. The number of amidine groups is 1. The van der Waals surface area contributed by atoms with E-state index < -0.39 is 0 Å². The van der Waals surface area contributed by atoms with Crippen molar-refractivity contribution in [1.82, 2.24) is 15.2 Å². The third-order valence-corrected chi connectivity index (χ3v) is 6.01. The van der Waals surface area contributed by atoms with Crippen molar-refractivity contribution in [1.29, 1.82) is 5.41 Å². The van der Waals surface area contributed by atoms with Crippen LogP contribution in [0.2, 0.25) is 0 Å². The van der Waals surface area contributed by atoms with E-state index in [1.807, 2.05) is 45.0 Å². The third kappa shape index (κ3) is 5.29. The second-order valence-electron chi connectivity index (χ2n) is 9.93. The van der Waals surface area contributed by atoms with E-state index >= 15 is 0 Å². The number of carbonyl (C=O) groups is 2. The molecule has 2 aromatic rings. The summed E-state index contributed by atoms with van der Waals surface area (Å²) in [5, 5.41) is 11.2. The molecule has 0 saturated heterocycles. The smallest absolute Gasteiger partial charge is 0.273 e. The van der Waals surface area contributed by atoms with Gasteiger partial charge < -0.3 is 24.6 Å². The molecule has 36 heavy (non-hydrogen) atoms. The monoisotopic (exact) mass is 495 g/mol. The number of hydrogen-bond donors (Lipinski definition) is 2. The summed E-state index contributed by atoms with van der Waals surface area (Å²) in [6, 6.07) is 5.50. The maximum absolute atomic E-state index is 13.5. The van der Waals surface area contributed by atoms with Gasteiger partial charge in [-0.2, -0.15) is 0 Å². The zero-order chi connectivity index (χ0) is 26.8. The van der Waals surface area contributed by atoms with Gasteiger partial charge in [0.15, 0.2) is 17.2 Å². The van der Waals surface area contributed by atoms with Crippen LogP contribution in [0.4, 0.5) is 5.69 Å². The number of hydrogen-bond acceptors (Lipinski definition) is 7. The number of aromatic nitrogens is 1. The number of ketones is 1. The highest BCUT2D eigenvalue weighted by Crippen LogP contribution is 2.40. The maximum Gasteiger partial charge on any atom is 0.273 e. The number of pyridine rings is 1. The number of nitrogens with zero attached hydrogens (tertiary/aromatic N) is 3. The summed E-state index contributed by atoms with van der Waals surface area (Å²) in [5.74, 6) is 0.766. The number of benzene rings is 1. The molecule has 2 heterocycles. The first-order valence-corrected chi connectivity index (χ1v) is 12.2. The number of nitrogens with one attached hydrogen (secondary N) is 2. The van der Waals surface area contributed by atoms with Crippen LogP contribution in [0.3, 0.4) is 0 Å². The predicted octanol–water partition coefficient (Wildman–Crippen LogP) is 3.63. The van der Waals surface area contributed by atoms with Crippen molar-refractivity contribution in [2.24, 2.45) is 0 Å². The standard InChI is InChI=1S/C27H37N5O4/c1-9-35-21-13-17-14-32(25(28)22(17)30-23(21)26(34)29-6)15-20(33)16-11-18(27(3,4)5)24(36-10-2)19(12-16)31(7)8/h11-13,28H,9-10,14-15H2,1-8H3,(H,29,34). The molecule has 0 aliphatic carbocycles. The largest absolute Gasteiger partial charge is 0.491 e. The fourth-order valence-electron chi connectivity index (χ4n) is 4.20. The first kappa shape index (κ1) is 27.0. The summed E-state index contributed by atoms with van der Waals surface area (Å²) in [6.07, 6.45) is 0. The third-order valence-electron chi connectivity index (χ3n) is 6.01. The van der Waals surface area contributed by atoms with E-state index in [2.05, 4.69) is 31.1 Å². The number of fused-ring (bicyclic) bond motifs is 1.